The third-order valence-electron chi connectivity index (χ3n) is 10.7. The molecule has 0 saturated heterocycles. The Bertz CT molecular complexity index is 2790. The Morgan fingerprint density at radius 1 is 0.375 bits per heavy atom. The van der Waals surface area contributed by atoms with Crippen LogP contribution in [0.25, 0.3) is 72.5 Å². The van der Waals surface area contributed by atoms with Crippen LogP contribution < -0.4 is 5.32 Å². The highest BCUT2D eigenvalue weighted by molar-refractivity contribution is 6.08. The first-order chi connectivity index (χ1) is 27.7. The highest BCUT2D eigenvalue weighted by Gasteiger charge is 2.24. The van der Waals surface area contributed by atoms with Crippen LogP contribution in [0.2, 0.25) is 0 Å². The quantitative estimate of drug-likeness (QED) is 0.178. The van der Waals surface area contributed by atoms with E-state index in [1.54, 1.807) is 0 Å². The summed E-state index contributed by atoms with van der Waals surface area (Å²) in [7, 11) is 0. The fourth-order valence-electron chi connectivity index (χ4n) is 7.95. The lowest BCUT2D eigenvalue weighted by molar-refractivity contribution is 0.974. The number of aromatic nitrogens is 2. The first-order valence-corrected chi connectivity index (χ1v) is 19.1. The second-order valence-electron chi connectivity index (χ2n) is 14.2. The van der Waals surface area contributed by atoms with Crippen LogP contribution in [0, 0.1) is 0 Å². The molecule has 1 atom stereocenters. The van der Waals surface area contributed by atoms with Crippen LogP contribution in [0.15, 0.2) is 212 Å². The fraction of sp³-hybridized carbons (Fsp3) is 0.0189. The third kappa shape index (κ3) is 6.36. The van der Waals surface area contributed by atoms with Crippen molar-refractivity contribution < 1.29 is 0 Å². The molecule has 0 radical (unpaired) electrons. The highest BCUT2D eigenvalue weighted by atomic mass is 14.9. The maximum Gasteiger partial charge on any atom is 0.160 e. The van der Waals surface area contributed by atoms with Gasteiger partial charge < -0.3 is 5.32 Å². The van der Waals surface area contributed by atoms with Gasteiger partial charge in [-0.25, -0.2) is 9.97 Å². The number of hydrogen-bond donors (Lipinski definition) is 1. The predicted molar refractivity (Wildman–Crippen MR) is 233 cm³/mol. The molecule has 0 bridgehead atoms. The number of anilines is 1. The van der Waals surface area contributed by atoms with Gasteiger partial charge in [-0.2, -0.15) is 0 Å². The Kier molecular flexibility index (Phi) is 8.58. The minimum absolute atomic E-state index is 0.0803. The summed E-state index contributed by atoms with van der Waals surface area (Å²) < 4.78 is 0. The molecule has 0 fully saturated rings. The second kappa shape index (κ2) is 14.5. The highest BCUT2D eigenvalue weighted by Crippen LogP contribution is 2.44. The fourth-order valence-corrected chi connectivity index (χ4v) is 7.95. The molecule has 10 rings (SSSR count). The van der Waals surface area contributed by atoms with Crippen molar-refractivity contribution in [2.45, 2.75) is 6.04 Å². The summed E-state index contributed by atoms with van der Waals surface area (Å²) in [5.41, 5.74) is 15.7. The summed E-state index contributed by atoms with van der Waals surface area (Å²) in [6.45, 7) is 0. The summed E-state index contributed by atoms with van der Waals surface area (Å²) in [5.74, 6) is 0.714. The van der Waals surface area contributed by atoms with Crippen molar-refractivity contribution >= 4 is 22.0 Å². The molecule has 8 aromatic carbocycles. The SMILES string of the molecule is C1=C(c2ccccc2)c2c(ccc3c(-c4ccc(-c5cccc(-c6cc(-c7ccccc7)nc(-c7ccccc7)n6)c5)cc4)cccc23)NC1c1ccccc1. The Balaban J connectivity index is 1.01. The van der Waals surface area contributed by atoms with E-state index in [1.807, 2.05) is 36.4 Å². The molecule has 56 heavy (non-hydrogen) atoms. The molecule has 1 aliphatic rings. The standard InChI is InChI=1S/C53H37N3/c1-5-15-37(16-6-1)47-34-49(39-17-7-2-8-18-39)54-48-32-31-45-44(25-14-26-46(45)52(47)48)38-29-27-36(28-30-38)42-23-13-24-43(33-42)51-35-50(40-19-9-3-10-20-40)55-53(56-51)41-21-11-4-12-22-41/h1-35,49,54H. The molecule has 264 valence electrons. The number of fused-ring (bicyclic) bond motifs is 3. The monoisotopic (exact) mass is 715 g/mol. The van der Waals surface area contributed by atoms with E-state index >= 15 is 0 Å². The molecular formula is C53H37N3. The van der Waals surface area contributed by atoms with Crippen molar-refractivity contribution in [1.82, 2.24) is 9.97 Å². The zero-order chi connectivity index (χ0) is 37.3. The zero-order valence-electron chi connectivity index (χ0n) is 30.7. The number of hydrogen-bond acceptors (Lipinski definition) is 3. The van der Waals surface area contributed by atoms with Crippen molar-refractivity contribution in [2.24, 2.45) is 0 Å². The Hall–Kier alpha value is -7.36. The summed E-state index contributed by atoms with van der Waals surface area (Å²) >= 11 is 0. The van der Waals surface area contributed by atoms with E-state index < -0.39 is 0 Å². The second-order valence-corrected chi connectivity index (χ2v) is 14.2. The van der Waals surface area contributed by atoms with Gasteiger partial charge in [-0.1, -0.05) is 188 Å². The molecule has 0 saturated carbocycles. The van der Waals surface area contributed by atoms with Crippen LogP contribution in [0.3, 0.4) is 0 Å². The normalized spacial score (nSPS) is 13.4. The van der Waals surface area contributed by atoms with Gasteiger partial charge in [0.15, 0.2) is 5.82 Å². The summed E-state index contributed by atoms with van der Waals surface area (Å²) in [4.78, 5) is 10.1. The maximum atomic E-state index is 5.07. The first-order valence-electron chi connectivity index (χ1n) is 19.1. The van der Waals surface area contributed by atoms with Gasteiger partial charge in [-0.05, 0) is 74.0 Å². The number of nitrogens with one attached hydrogen (secondary N) is 1. The smallest absolute Gasteiger partial charge is 0.160 e. The molecule has 0 aliphatic carbocycles. The Labute approximate surface area is 327 Å². The number of rotatable bonds is 7. The lowest BCUT2D eigenvalue weighted by atomic mass is 9.85. The van der Waals surface area contributed by atoms with E-state index in [0.717, 1.165) is 44.9 Å². The molecule has 0 spiro atoms. The van der Waals surface area contributed by atoms with Gasteiger partial charge in [-0.3, -0.25) is 0 Å². The van der Waals surface area contributed by atoms with Crippen molar-refractivity contribution in [2.75, 3.05) is 5.32 Å². The van der Waals surface area contributed by atoms with Crippen molar-refractivity contribution in [3.63, 3.8) is 0 Å². The van der Waals surface area contributed by atoms with Crippen LogP contribution in [0.1, 0.15) is 22.7 Å². The summed E-state index contributed by atoms with van der Waals surface area (Å²) in [6.07, 6.45) is 2.38. The molecule has 3 nitrogen and oxygen atoms in total. The molecule has 2 heterocycles. The lowest BCUT2D eigenvalue weighted by Gasteiger charge is -2.29. The van der Waals surface area contributed by atoms with Crippen molar-refractivity contribution in [1.29, 1.82) is 0 Å². The van der Waals surface area contributed by atoms with E-state index in [4.69, 9.17) is 9.97 Å². The van der Waals surface area contributed by atoms with E-state index in [0.29, 0.717) is 5.82 Å². The average molecular weight is 716 g/mol. The van der Waals surface area contributed by atoms with Crippen molar-refractivity contribution in [3.05, 3.63) is 229 Å². The molecule has 3 heteroatoms. The lowest BCUT2D eigenvalue weighted by Crippen LogP contribution is -2.15. The van der Waals surface area contributed by atoms with Gasteiger partial charge in [0.1, 0.15) is 0 Å². The van der Waals surface area contributed by atoms with E-state index in [2.05, 4.69) is 181 Å². The van der Waals surface area contributed by atoms with Gasteiger partial charge >= 0.3 is 0 Å². The van der Waals surface area contributed by atoms with Gasteiger partial charge in [-0.15, -0.1) is 0 Å². The minimum Gasteiger partial charge on any atom is -0.374 e. The van der Waals surface area contributed by atoms with Gasteiger partial charge in [0, 0.05) is 27.9 Å². The molecule has 9 aromatic rings. The molecule has 1 N–H and O–H groups in total. The maximum absolute atomic E-state index is 5.07. The Morgan fingerprint density at radius 2 is 0.946 bits per heavy atom. The third-order valence-corrected chi connectivity index (χ3v) is 10.7. The Morgan fingerprint density at radius 3 is 1.66 bits per heavy atom. The molecule has 1 unspecified atom stereocenters. The van der Waals surface area contributed by atoms with Gasteiger partial charge in [0.25, 0.3) is 0 Å². The van der Waals surface area contributed by atoms with E-state index in [9.17, 15) is 0 Å². The van der Waals surface area contributed by atoms with E-state index in [-0.39, 0.29) is 6.04 Å². The van der Waals surface area contributed by atoms with Crippen LogP contribution >= 0.6 is 0 Å². The minimum atomic E-state index is 0.0803. The first kappa shape index (κ1) is 33.2. The number of nitrogens with zero attached hydrogens (tertiary/aromatic N) is 2. The molecule has 1 aliphatic heterocycles. The van der Waals surface area contributed by atoms with Crippen LogP contribution in [-0.2, 0) is 0 Å². The zero-order valence-corrected chi connectivity index (χ0v) is 30.7. The van der Waals surface area contributed by atoms with E-state index in [1.165, 1.54) is 44.2 Å². The molecule has 1 aromatic heterocycles. The van der Waals surface area contributed by atoms with Crippen LogP contribution in [0.4, 0.5) is 5.69 Å². The summed E-state index contributed by atoms with van der Waals surface area (Å²) in [6, 6.07) is 73.0. The topological polar surface area (TPSA) is 37.8 Å². The van der Waals surface area contributed by atoms with Crippen LogP contribution in [-0.4, -0.2) is 9.97 Å². The summed E-state index contributed by atoms with van der Waals surface area (Å²) in [5, 5.41) is 6.31. The molecule has 0 amide bonds. The van der Waals surface area contributed by atoms with Crippen molar-refractivity contribution in [3.8, 4) is 56.2 Å². The number of benzene rings is 8. The van der Waals surface area contributed by atoms with Crippen LogP contribution in [0.5, 0.6) is 0 Å². The average Bonchev–Trinajstić information content (AvgIpc) is 3.29. The largest absolute Gasteiger partial charge is 0.374 e. The predicted octanol–water partition coefficient (Wildman–Crippen LogP) is 13.6. The van der Waals surface area contributed by atoms with Gasteiger partial charge in [0.05, 0.1) is 17.4 Å². The molecular weight excluding hydrogens is 679 g/mol. The van der Waals surface area contributed by atoms with Gasteiger partial charge in [0.2, 0.25) is 0 Å².